The Morgan fingerprint density at radius 3 is 2.43 bits per heavy atom. The maximum atomic E-state index is 13.7. The van der Waals surface area contributed by atoms with Crippen LogP contribution < -0.4 is 11.1 Å². The number of anilines is 1. The van der Waals surface area contributed by atoms with Crippen LogP contribution in [0.15, 0.2) is 40.9 Å². The third-order valence-electron chi connectivity index (χ3n) is 2.99. The number of carbonyl (C=O) groups excluding carboxylic acids is 1. The van der Waals surface area contributed by atoms with Gasteiger partial charge in [-0.25, -0.2) is 8.78 Å². The fraction of sp³-hybridized carbons (Fsp3) is 0.133. The van der Waals surface area contributed by atoms with E-state index in [1.54, 1.807) is 12.1 Å². The highest BCUT2D eigenvalue weighted by molar-refractivity contribution is 9.10. The van der Waals surface area contributed by atoms with E-state index >= 15 is 0 Å². The van der Waals surface area contributed by atoms with Gasteiger partial charge in [-0.2, -0.15) is 0 Å². The molecule has 0 saturated carbocycles. The average Bonchev–Trinajstić information content (AvgIpc) is 2.44. The zero-order valence-electron chi connectivity index (χ0n) is 11.2. The monoisotopic (exact) mass is 354 g/mol. The van der Waals surface area contributed by atoms with Crippen LogP contribution in [0.2, 0.25) is 0 Å². The molecule has 0 bridgehead atoms. The van der Waals surface area contributed by atoms with E-state index in [1.165, 1.54) is 0 Å². The maximum Gasteiger partial charge on any atom is 0.245 e. The van der Waals surface area contributed by atoms with Crippen molar-refractivity contribution >= 4 is 27.5 Å². The highest BCUT2D eigenvalue weighted by atomic mass is 79.9. The van der Waals surface area contributed by atoms with Crippen molar-refractivity contribution in [1.29, 1.82) is 0 Å². The SMILES string of the molecule is Cc1ccc(C(N)C(=O)Nc2cc(F)c(Br)cc2F)cc1. The summed E-state index contributed by atoms with van der Waals surface area (Å²) in [4.78, 5) is 12.0. The number of amides is 1. The van der Waals surface area contributed by atoms with Gasteiger partial charge in [0.05, 0.1) is 10.2 Å². The second-order valence-corrected chi connectivity index (χ2v) is 5.48. The van der Waals surface area contributed by atoms with E-state index in [1.807, 2.05) is 19.1 Å². The van der Waals surface area contributed by atoms with Crippen LogP contribution in [0, 0.1) is 18.6 Å². The molecule has 0 aliphatic rings. The third-order valence-corrected chi connectivity index (χ3v) is 3.59. The van der Waals surface area contributed by atoms with Gasteiger partial charge in [-0.3, -0.25) is 4.79 Å². The van der Waals surface area contributed by atoms with Crippen LogP contribution >= 0.6 is 15.9 Å². The largest absolute Gasteiger partial charge is 0.322 e. The number of carbonyl (C=O) groups is 1. The van der Waals surface area contributed by atoms with Gasteiger partial charge in [-0.15, -0.1) is 0 Å². The van der Waals surface area contributed by atoms with Crippen LogP contribution in [0.4, 0.5) is 14.5 Å². The summed E-state index contributed by atoms with van der Waals surface area (Å²) in [7, 11) is 0. The quantitative estimate of drug-likeness (QED) is 0.826. The fourth-order valence-corrected chi connectivity index (χ4v) is 2.07. The second kappa shape index (κ2) is 6.32. The number of rotatable bonds is 3. The predicted molar refractivity (Wildman–Crippen MR) is 80.8 cm³/mol. The van der Waals surface area contributed by atoms with Crippen molar-refractivity contribution in [2.75, 3.05) is 5.32 Å². The van der Waals surface area contributed by atoms with Gasteiger partial charge in [0.15, 0.2) is 0 Å². The summed E-state index contributed by atoms with van der Waals surface area (Å²) in [6.45, 7) is 1.91. The number of nitrogens with one attached hydrogen (secondary N) is 1. The van der Waals surface area contributed by atoms with Gasteiger partial charge in [0.2, 0.25) is 5.91 Å². The predicted octanol–water partition coefficient (Wildman–Crippen LogP) is 3.67. The van der Waals surface area contributed by atoms with Gasteiger partial charge >= 0.3 is 0 Å². The zero-order valence-corrected chi connectivity index (χ0v) is 12.7. The molecule has 0 heterocycles. The van der Waals surface area contributed by atoms with Gasteiger partial charge in [0, 0.05) is 6.07 Å². The van der Waals surface area contributed by atoms with Crippen LogP contribution in [-0.2, 0) is 4.79 Å². The molecular formula is C15H13BrF2N2O. The van der Waals surface area contributed by atoms with Crippen LogP contribution in [-0.4, -0.2) is 5.91 Å². The average molecular weight is 355 g/mol. The first-order valence-electron chi connectivity index (χ1n) is 6.16. The van der Waals surface area contributed by atoms with Crippen molar-refractivity contribution < 1.29 is 13.6 Å². The summed E-state index contributed by atoms with van der Waals surface area (Å²) in [5.41, 5.74) is 7.20. The summed E-state index contributed by atoms with van der Waals surface area (Å²) in [6, 6.07) is 7.97. The summed E-state index contributed by atoms with van der Waals surface area (Å²) in [6.07, 6.45) is 0. The van der Waals surface area contributed by atoms with E-state index in [2.05, 4.69) is 21.2 Å². The molecule has 21 heavy (non-hydrogen) atoms. The molecule has 1 unspecified atom stereocenters. The molecule has 1 amide bonds. The Morgan fingerprint density at radius 1 is 1.19 bits per heavy atom. The van der Waals surface area contributed by atoms with E-state index in [-0.39, 0.29) is 10.2 Å². The van der Waals surface area contributed by atoms with Crippen molar-refractivity contribution in [3.05, 3.63) is 63.6 Å². The van der Waals surface area contributed by atoms with Gasteiger partial charge in [-0.1, -0.05) is 29.8 Å². The van der Waals surface area contributed by atoms with Gasteiger partial charge in [0.25, 0.3) is 0 Å². The lowest BCUT2D eigenvalue weighted by Gasteiger charge is -2.13. The molecular weight excluding hydrogens is 342 g/mol. The molecule has 0 fully saturated rings. The maximum absolute atomic E-state index is 13.7. The number of hydrogen-bond donors (Lipinski definition) is 2. The molecule has 0 aromatic heterocycles. The minimum Gasteiger partial charge on any atom is -0.322 e. The summed E-state index contributed by atoms with van der Waals surface area (Å²) >= 11 is 2.87. The Balaban J connectivity index is 2.18. The number of nitrogens with two attached hydrogens (primary N) is 1. The van der Waals surface area contributed by atoms with E-state index in [9.17, 15) is 13.6 Å². The van der Waals surface area contributed by atoms with Crippen molar-refractivity contribution in [2.24, 2.45) is 5.73 Å². The van der Waals surface area contributed by atoms with E-state index in [0.717, 1.165) is 17.7 Å². The molecule has 0 aliphatic heterocycles. The van der Waals surface area contributed by atoms with Gasteiger partial charge in [0.1, 0.15) is 17.7 Å². The standard InChI is InChI=1S/C15H13BrF2N2O/c1-8-2-4-9(5-3-8)14(19)15(21)20-13-7-11(17)10(16)6-12(13)18/h2-7,14H,19H2,1H3,(H,20,21). The first-order valence-corrected chi connectivity index (χ1v) is 6.95. The van der Waals surface area contributed by atoms with Crippen molar-refractivity contribution in [3.63, 3.8) is 0 Å². The van der Waals surface area contributed by atoms with Crippen molar-refractivity contribution in [2.45, 2.75) is 13.0 Å². The highest BCUT2D eigenvalue weighted by Gasteiger charge is 2.18. The third kappa shape index (κ3) is 3.65. The molecule has 110 valence electrons. The van der Waals surface area contributed by atoms with Crippen LogP contribution in [0.1, 0.15) is 17.2 Å². The molecule has 1 atom stereocenters. The fourth-order valence-electron chi connectivity index (χ4n) is 1.75. The molecule has 2 aromatic rings. The van der Waals surface area contributed by atoms with E-state index in [4.69, 9.17) is 5.73 Å². The topological polar surface area (TPSA) is 55.1 Å². The molecule has 3 nitrogen and oxygen atoms in total. The lowest BCUT2D eigenvalue weighted by atomic mass is 10.1. The van der Waals surface area contributed by atoms with E-state index < -0.39 is 23.6 Å². The number of hydrogen-bond acceptors (Lipinski definition) is 2. The van der Waals surface area contributed by atoms with Crippen LogP contribution in [0.5, 0.6) is 0 Å². The van der Waals surface area contributed by atoms with E-state index in [0.29, 0.717) is 5.56 Å². The Labute approximate surface area is 129 Å². The molecule has 2 aromatic carbocycles. The second-order valence-electron chi connectivity index (χ2n) is 4.62. The minimum absolute atomic E-state index is 0.0131. The molecule has 2 rings (SSSR count). The number of aryl methyl sites for hydroxylation is 1. The molecule has 3 N–H and O–H groups in total. The lowest BCUT2D eigenvalue weighted by molar-refractivity contribution is -0.117. The smallest absolute Gasteiger partial charge is 0.245 e. The Hall–Kier alpha value is -1.79. The molecule has 0 radical (unpaired) electrons. The van der Waals surface area contributed by atoms with Gasteiger partial charge in [-0.05, 0) is 34.5 Å². The van der Waals surface area contributed by atoms with Crippen molar-refractivity contribution in [1.82, 2.24) is 0 Å². The number of benzene rings is 2. The first-order chi connectivity index (χ1) is 9.88. The minimum atomic E-state index is -0.961. The lowest BCUT2D eigenvalue weighted by Crippen LogP contribution is -2.28. The van der Waals surface area contributed by atoms with Crippen molar-refractivity contribution in [3.8, 4) is 0 Å². The summed E-state index contributed by atoms with van der Waals surface area (Å²) in [5.74, 6) is -2.03. The van der Waals surface area contributed by atoms with Gasteiger partial charge < -0.3 is 11.1 Å². The molecule has 6 heteroatoms. The summed E-state index contributed by atoms with van der Waals surface area (Å²) in [5, 5.41) is 2.29. The molecule has 0 saturated heterocycles. The normalized spacial score (nSPS) is 12.0. The van der Waals surface area contributed by atoms with Crippen LogP contribution in [0.25, 0.3) is 0 Å². The summed E-state index contributed by atoms with van der Waals surface area (Å²) < 4.78 is 27.0. The Bertz CT molecular complexity index is 674. The number of halogens is 3. The Kier molecular flexibility index (Phi) is 4.69. The Morgan fingerprint density at radius 2 is 1.81 bits per heavy atom. The highest BCUT2D eigenvalue weighted by Crippen LogP contribution is 2.24. The first kappa shape index (κ1) is 15.6. The molecule has 0 spiro atoms. The zero-order chi connectivity index (χ0) is 15.6. The van der Waals surface area contributed by atoms with Crippen LogP contribution in [0.3, 0.4) is 0 Å². The molecule has 0 aliphatic carbocycles.